The number of aryl methyl sites for hydroxylation is 1. The molecule has 1 amide bonds. The SMILES string of the molecule is Cc1[nH]nc2c1C(c1ccccc1OC1CCCC1)CC(=O)N2. The fourth-order valence-corrected chi connectivity index (χ4v) is 3.76. The molecule has 2 N–H and O–H groups in total. The third-order valence-electron chi connectivity index (χ3n) is 4.88. The molecule has 23 heavy (non-hydrogen) atoms. The zero-order valence-corrected chi connectivity index (χ0v) is 13.3. The normalized spacial score (nSPS) is 21.1. The number of H-pyrrole nitrogens is 1. The van der Waals surface area contributed by atoms with Gasteiger partial charge in [-0.15, -0.1) is 0 Å². The molecule has 1 fully saturated rings. The molecule has 1 aliphatic carbocycles. The van der Waals surface area contributed by atoms with Gasteiger partial charge in [0.15, 0.2) is 5.82 Å². The van der Waals surface area contributed by atoms with Gasteiger partial charge in [-0.3, -0.25) is 9.89 Å². The van der Waals surface area contributed by atoms with Gasteiger partial charge in [0.1, 0.15) is 5.75 Å². The van der Waals surface area contributed by atoms with Crippen molar-refractivity contribution < 1.29 is 9.53 Å². The van der Waals surface area contributed by atoms with Crippen molar-refractivity contribution in [3.05, 3.63) is 41.1 Å². The van der Waals surface area contributed by atoms with E-state index in [0.717, 1.165) is 35.4 Å². The average Bonchev–Trinajstić information content (AvgIpc) is 3.17. The van der Waals surface area contributed by atoms with Crippen LogP contribution in [0.1, 0.15) is 54.8 Å². The predicted molar refractivity (Wildman–Crippen MR) is 87.7 cm³/mol. The molecular weight excluding hydrogens is 290 g/mol. The highest BCUT2D eigenvalue weighted by Gasteiger charge is 2.32. The van der Waals surface area contributed by atoms with E-state index in [9.17, 15) is 4.79 Å². The Hall–Kier alpha value is -2.30. The highest BCUT2D eigenvalue weighted by atomic mass is 16.5. The summed E-state index contributed by atoms with van der Waals surface area (Å²) in [5, 5.41) is 10.1. The summed E-state index contributed by atoms with van der Waals surface area (Å²) in [5.74, 6) is 1.56. The highest BCUT2D eigenvalue weighted by molar-refractivity contribution is 5.94. The van der Waals surface area contributed by atoms with Crippen LogP contribution < -0.4 is 10.1 Å². The van der Waals surface area contributed by atoms with Crippen LogP contribution in [0, 0.1) is 6.92 Å². The Morgan fingerprint density at radius 1 is 1.22 bits per heavy atom. The number of nitrogens with zero attached hydrogens (tertiary/aromatic N) is 1. The van der Waals surface area contributed by atoms with Crippen molar-refractivity contribution in [1.29, 1.82) is 0 Å². The monoisotopic (exact) mass is 311 g/mol. The first-order valence-corrected chi connectivity index (χ1v) is 8.32. The number of benzene rings is 1. The van der Waals surface area contributed by atoms with Crippen molar-refractivity contribution in [2.24, 2.45) is 0 Å². The summed E-state index contributed by atoms with van der Waals surface area (Å²) >= 11 is 0. The van der Waals surface area contributed by atoms with Crippen molar-refractivity contribution in [2.45, 2.75) is 51.0 Å². The number of hydrogen-bond donors (Lipinski definition) is 2. The highest BCUT2D eigenvalue weighted by Crippen LogP contribution is 2.42. The number of anilines is 1. The summed E-state index contributed by atoms with van der Waals surface area (Å²) in [5.41, 5.74) is 3.16. The van der Waals surface area contributed by atoms with Gasteiger partial charge in [-0.25, -0.2) is 0 Å². The van der Waals surface area contributed by atoms with Gasteiger partial charge in [-0.2, -0.15) is 5.10 Å². The molecule has 5 heteroatoms. The molecule has 0 saturated heterocycles. The van der Waals surface area contributed by atoms with Crippen LogP contribution in [-0.2, 0) is 4.79 Å². The molecule has 120 valence electrons. The minimum absolute atomic E-state index is 0.00432. The van der Waals surface area contributed by atoms with Gasteiger partial charge in [0, 0.05) is 29.2 Å². The number of nitrogens with one attached hydrogen (secondary N) is 2. The second-order valence-corrected chi connectivity index (χ2v) is 6.48. The van der Waals surface area contributed by atoms with E-state index in [2.05, 4.69) is 21.6 Å². The Balaban J connectivity index is 1.73. The van der Waals surface area contributed by atoms with E-state index < -0.39 is 0 Å². The second kappa shape index (κ2) is 5.72. The molecule has 2 aliphatic rings. The van der Waals surface area contributed by atoms with Crippen LogP contribution in [0.2, 0.25) is 0 Å². The molecule has 1 saturated carbocycles. The van der Waals surface area contributed by atoms with Crippen molar-refractivity contribution in [3.8, 4) is 5.75 Å². The number of aromatic nitrogens is 2. The number of amides is 1. The molecule has 1 unspecified atom stereocenters. The van der Waals surface area contributed by atoms with Crippen molar-refractivity contribution in [2.75, 3.05) is 5.32 Å². The Bertz CT molecular complexity index is 732. The van der Waals surface area contributed by atoms with Crippen LogP contribution in [0.4, 0.5) is 5.82 Å². The first-order chi connectivity index (χ1) is 11.2. The van der Waals surface area contributed by atoms with Crippen LogP contribution >= 0.6 is 0 Å². The third-order valence-corrected chi connectivity index (χ3v) is 4.88. The number of rotatable bonds is 3. The molecule has 0 bridgehead atoms. The number of aromatic amines is 1. The number of carbonyl (C=O) groups is 1. The van der Waals surface area contributed by atoms with Crippen LogP contribution in [-0.4, -0.2) is 22.2 Å². The van der Waals surface area contributed by atoms with Crippen LogP contribution in [0.15, 0.2) is 24.3 Å². The van der Waals surface area contributed by atoms with Crippen LogP contribution in [0.25, 0.3) is 0 Å². The molecule has 1 aromatic heterocycles. The molecule has 1 aromatic carbocycles. The first-order valence-electron chi connectivity index (χ1n) is 8.32. The minimum atomic E-state index is -0.00453. The molecule has 1 atom stereocenters. The molecule has 0 radical (unpaired) electrons. The second-order valence-electron chi connectivity index (χ2n) is 6.48. The Morgan fingerprint density at radius 2 is 2.00 bits per heavy atom. The lowest BCUT2D eigenvalue weighted by molar-refractivity contribution is -0.116. The van der Waals surface area contributed by atoms with Gasteiger partial charge in [0.05, 0.1) is 6.10 Å². The van der Waals surface area contributed by atoms with Gasteiger partial charge >= 0.3 is 0 Å². The quantitative estimate of drug-likeness (QED) is 0.911. The summed E-state index contributed by atoms with van der Waals surface area (Å²) in [6.07, 6.45) is 5.45. The fourth-order valence-electron chi connectivity index (χ4n) is 3.76. The van der Waals surface area contributed by atoms with Crippen molar-refractivity contribution in [1.82, 2.24) is 10.2 Å². The lowest BCUT2D eigenvalue weighted by Crippen LogP contribution is -2.24. The minimum Gasteiger partial charge on any atom is -0.490 e. The first kappa shape index (κ1) is 14.3. The standard InChI is InChI=1S/C18H21N3O2/c1-11-17-14(10-16(22)19-18(17)21-20-11)13-8-4-5-9-15(13)23-12-6-2-3-7-12/h4-5,8-9,12,14H,2-3,6-7,10H2,1H3,(H2,19,20,21,22). The van der Waals surface area contributed by atoms with Gasteiger partial charge < -0.3 is 10.1 Å². The van der Waals surface area contributed by atoms with Crippen molar-refractivity contribution in [3.63, 3.8) is 0 Å². The van der Waals surface area contributed by atoms with E-state index in [0.29, 0.717) is 18.3 Å². The Labute approximate surface area is 135 Å². The average molecular weight is 311 g/mol. The maximum absolute atomic E-state index is 12.1. The van der Waals surface area contributed by atoms with E-state index in [1.54, 1.807) is 0 Å². The summed E-state index contributed by atoms with van der Waals surface area (Å²) in [7, 11) is 0. The third kappa shape index (κ3) is 2.60. The van der Waals surface area contributed by atoms with E-state index in [-0.39, 0.29) is 11.8 Å². The summed E-state index contributed by atoms with van der Waals surface area (Å²) < 4.78 is 6.26. The topological polar surface area (TPSA) is 67.0 Å². The van der Waals surface area contributed by atoms with Crippen LogP contribution in [0.5, 0.6) is 5.75 Å². The van der Waals surface area contributed by atoms with E-state index in [4.69, 9.17) is 4.74 Å². The largest absolute Gasteiger partial charge is 0.490 e. The maximum Gasteiger partial charge on any atom is 0.226 e. The number of para-hydroxylation sites is 1. The molecule has 2 heterocycles. The lowest BCUT2D eigenvalue weighted by Gasteiger charge is -2.26. The maximum atomic E-state index is 12.1. The molecule has 5 nitrogen and oxygen atoms in total. The number of ether oxygens (including phenoxy) is 1. The molecule has 4 rings (SSSR count). The fraction of sp³-hybridized carbons (Fsp3) is 0.444. The van der Waals surface area contributed by atoms with E-state index in [1.165, 1.54) is 12.8 Å². The Morgan fingerprint density at radius 3 is 2.83 bits per heavy atom. The van der Waals surface area contributed by atoms with E-state index >= 15 is 0 Å². The number of carbonyl (C=O) groups excluding carboxylic acids is 1. The zero-order chi connectivity index (χ0) is 15.8. The van der Waals surface area contributed by atoms with E-state index in [1.807, 2.05) is 25.1 Å². The number of hydrogen-bond acceptors (Lipinski definition) is 3. The summed E-state index contributed by atoms with van der Waals surface area (Å²) in [6, 6.07) is 8.11. The lowest BCUT2D eigenvalue weighted by atomic mass is 9.85. The molecule has 0 spiro atoms. The summed E-state index contributed by atoms with van der Waals surface area (Å²) in [6.45, 7) is 2.00. The van der Waals surface area contributed by atoms with Gasteiger partial charge in [0.25, 0.3) is 0 Å². The van der Waals surface area contributed by atoms with Gasteiger partial charge in [-0.1, -0.05) is 18.2 Å². The van der Waals surface area contributed by atoms with Gasteiger partial charge in [0.2, 0.25) is 5.91 Å². The van der Waals surface area contributed by atoms with Crippen LogP contribution in [0.3, 0.4) is 0 Å². The summed E-state index contributed by atoms with van der Waals surface area (Å²) in [4.78, 5) is 12.1. The number of fused-ring (bicyclic) bond motifs is 1. The Kier molecular flexibility index (Phi) is 3.56. The zero-order valence-electron chi connectivity index (χ0n) is 13.3. The molecule has 2 aromatic rings. The predicted octanol–water partition coefficient (Wildman–Crippen LogP) is 3.51. The van der Waals surface area contributed by atoms with Gasteiger partial charge in [-0.05, 0) is 38.7 Å². The smallest absolute Gasteiger partial charge is 0.226 e. The molecular formula is C18H21N3O2. The van der Waals surface area contributed by atoms with Crippen molar-refractivity contribution >= 4 is 11.7 Å². The molecule has 1 aliphatic heterocycles.